The van der Waals surface area contributed by atoms with Crippen LogP contribution in [0.2, 0.25) is 0 Å². The number of hydrogen-bond acceptors (Lipinski definition) is 5. The minimum absolute atomic E-state index is 0.0220. The van der Waals surface area contributed by atoms with Gasteiger partial charge in [0.15, 0.2) is 0 Å². The number of carbonyl (C=O) groups excluding carboxylic acids is 1. The fourth-order valence-electron chi connectivity index (χ4n) is 3.08. The number of aromatic nitrogens is 1. The van der Waals surface area contributed by atoms with Crippen molar-refractivity contribution < 1.29 is 4.79 Å². The molecular weight excluding hydrogens is 302 g/mol. The number of nitrogens with zero attached hydrogens (tertiary/aromatic N) is 2. The molecule has 0 saturated heterocycles. The lowest BCUT2D eigenvalue weighted by Crippen LogP contribution is -2.36. The molecule has 5 N–H and O–H groups in total. The Morgan fingerprint density at radius 3 is 2.79 bits per heavy atom. The quantitative estimate of drug-likeness (QED) is 0.731. The highest BCUT2D eigenvalue weighted by Crippen LogP contribution is 2.24. The number of nitrogens with two attached hydrogens (primary N) is 2. The Morgan fingerprint density at radius 2 is 2.17 bits per heavy atom. The lowest BCUT2D eigenvalue weighted by Gasteiger charge is -2.23. The summed E-state index contributed by atoms with van der Waals surface area (Å²) in [5, 5.41) is 2.95. The third kappa shape index (κ3) is 4.00. The van der Waals surface area contributed by atoms with Crippen molar-refractivity contribution in [2.24, 2.45) is 28.3 Å². The number of fused-ring (bicyclic) bond motifs is 2. The van der Waals surface area contributed by atoms with E-state index < -0.39 is 0 Å². The lowest BCUT2D eigenvalue weighted by atomic mass is 9.88. The van der Waals surface area contributed by atoms with Crippen LogP contribution >= 0.6 is 0 Å². The molecule has 1 amide bonds. The highest BCUT2D eigenvalue weighted by Gasteiger charge is 2.25. The second-order valence-electron chi connectivity index (χ2n) is 6.50. The Morgan fingerprint density at radius 1 is 1.42 bits per heavy atom. The molecule has 2 rings (SSSR count). The summed E-state index contributed by atoms with van der Waals surface area (Å²) in [6.07, 6.45) is 5.57. The third-order valence-electron chi connectivity index (χ3n) is 4.51. The molecule has 2 unspecified atom stereocenters. The van der Waals surface area contributed by atoms with Crippen molar-refractivity contribution in [1.29, 1.82) is 0 Å². The van der Waals surface area contributed by atoms with Gasteiger partial charge in [-0.15, -0.1) is 0 Å². The maximum absolute atomic E-state index is 12.7. The fraction of sp³-hybridized carbons (Fsp3) is 0.500. The van der Waals surface area contributed by atoms with Crippen LogP contribution in [0, 0.1) is 11.8 Å². The number of amides is 1. The van der Waals surface area contributed by atoms with E-state index in [4.69, 9.17) is 11.5 Å². The van der Waals surface area contributed by atoms with E-state index in [-0.39, 0.29) is 23.8 Å². The van der Waals surface area contributed by atoms with Crippen LogP contribution in [0.4, 0.5) is 0 Å². The molecule has 1 aromatic rings. The normalized spacial score (nSPS) is 26.1. The van der Waals surface area contributed by atoms with E-state index >= 15 is 0 Å². The van der Waals surface area contributed by atoms with Gasteiger partial charge in [0.2, 0.25) is 5.91 Å². The van der Waals surface area contributed by atoms with Crippen LogP contribution in [-0.4, -0.2) is 23.7 Å². The number of pyridine rings is 1. The van der Waals surface area contributed by atoms with Crippen molar-refractivity contribution in [3.8, 4) is 0 Å². The molecular formula is C18H27N5O. The predicted molar refractivity (Wildman–Crippen MR) is 96.2 cm³/mol. The van der Waals surface area contributed by atoms with Crippen LogP contribution < -0.4 is 16.8 Å². The number of aliphatic imine (C=N–C) groups is 1. The van der Waals surface area contributed by atoms with Crippen LogP contribution in [0.15, 0.2) is 35.2 Å². The van der Waals surface area contributed by atoms with E-state index in [0.29, 0.717) is 11.4 Å². The largest absolute Gasteiger partial charge is 0.403 e. The summed E-state index contributed by atoms with van der Waals surface area (Å²) in [6.45, 7) is 4.11. The van der Waals surface area contributed by atoms with Crippen molar-refractivity contribution >= 4 is 11.6 Å². The molecule has 0 aromatic carbocycles. The van der Waals surface area contributed by atoms with Gasteiger partial charge in [0.05, 0.1) is 17.1 Å². The zero-order chi connectivity index (χ0) is 17.7. The maximum atomic E-state index is 12.7. The second kappa shape index (κ2) is 8.06. The van der Waals surface area contributed by atoms with Crippen LogP contribution in [0.1, 0.15) is 50.4 Å². The molecule has 1 aliphatic heterocycles. The van der Waals surface area contributed by atoms with E-state index in [1.54, 1.807) is 13.2 Å². The van der Waals surface area contributed by atoms with Crippen LogP contribution in [-0.2, 0) is 4.79 Å². The van der Waals surface area contributed by atoms with Gasteiger partial charge in [-0.2, -0.15) is 0 Å². The van der Waals surface area contributed by atoms with Gasteiger partial charge >= 0.3 is 0 Å². The SMILES string of the molecule is CN=C1C(=CN)NC(=O)C(C(C)C)CCCC(N)c2cc1ccn2. The minimum atomic E-state index is -0.149. The Kier molecular flexibility index (Phi) is 6.09. The topological polar surface area (TPSA) is 106 Å². The summed E-state index contributed by atoms with van der Waals surface area (Å²) in [5.41, 5.74) is 14.9. The minimum Gasteiger partial charge on any atom is -0.403 e. The first kappa shape index (κ1) is 18.1. The van der Waals surface area contributed by atoms with Gasteiger partial charge in [-0.3, -0.25) is 14.8 Å². The van der Waals surface area contributed by atoms with Gasteiger partial charge in [0, 0.05) is 37.0 Å². The van der Waals surface area contributed by atoms with Crippen molar-refractivity contribution in [3.05, 3.63) is 41.5 Å². The van der Waals surface area contributed by atoms with E-state index in [1.807, 2.05) is 12.1 Å². The van der Waals surface area contributed by atoms with Gasteiger partial charge in [-0.05, 0) is 30.9 Å². The number of rotatable bonds is 1. The van der Waals surface area contributed by atoms with Gasteiger partial charge in [-0.1, -0.05) is 20.3 Å². The third-order valence-corrected chi connectivity index (χ3v) is 4.51. The molecule has 0 radical (unpaired) electrons. The average Bonchev–Trinajstić information content (AvgIpc) is 2.57. The molecule has 24 heavy (non-hydrogen) atoms. The van der Waals surface area contributed by atoms with Crippen LogP contribution in [0.25, 0.3) is 0 Å². The van der Waals surface area contributed by atoms with Gasteiger partial charge < -0.3 is 16.8 Å². The summed E-state index contributed by atoms with van der Waals surface area (Å²) in [7, 11) is 1.68. The molecule has 1 aliphatic rings. The number of allylic oxidation sites excluding steroid dienone is 1. The van der Waals surface area contributed by atoms with E-state index in [2.05, 4.69) is 29.1 Å². The van der Waals surface area contributed by atoms with E-state index in [9.17, 15) is 4.79 Å². The van der Waals surface area contributed by atoms with Crippen molar-refractivity contribution in [3.63, 3.8) is 0 Å². The highest BCUT2D eigenvalue weighted by molar-refractivity contribution is 6.14. The van der Waals surface area contributed by atoms with Crippen LogP contribution in [0.3, 0.4) is 0 Å². The summed E-state index contributed by atoms with van der Waals surface area (Å²) in [5.74, 6) is 0.128. The van der Waals surface area contributed by atoms with E-state index in [1.165, 1.54) is 6.20 Å². The smallest absolute Gasteiger partial charge is 0.227 e. The Labute approximate surface area is 143 Å². The molecule has 6 nitrogen and oxygen atoms in total. The van der Waals surface area contributed by atoms with Gasteiger partial charge in [-0.25, -0.2) is 0 Å². The molecule has 0 fully saturated rings. The molecule has 0 spiro atoms. The summed E-state index contributed by atoms with van der Waals surface area (Å²) >= 11 is 0. The monoisotopic (exact) mass is 329 g/mol. The Balaban J connectivity index is 2.47. The van der Waals surface area contributed by atoms with Crippen molar-refractivity contribution in [1.82, 2.24) is 10.3 Å². The molecule has 2 bridgehead atoms. The molecule has 0 aliphatic carbocycles. The summed E-state index contributed by atoms with van der Waals surface area (Å²) in [4.78, 5) is 21.4. The van der Waals surface area contributed by atoms with Crippen molar-refractivity contribution in [2.45, 2.75) is 39.2 Å². The summed E-state index contributed by atoms with van der Waals surface area (Å²) in [6, 6.07) is 3.62. The molecule has 6 heteroatoms. The fourth-order valence-corrected chi connectivity index (χ4v) is 3.08. The number of carbonyl (C=O) groups is 1. The molecule has 2 heterocycles. The lowest BCUT2D eigenvalue weighted by molar-refractivity contribution is -0.125. The number of nitrogens with one attached hydrogen (secondary N) is 1. The Hall–Kier alpha value is -2.21. The molecule has 130 valence electrons. The second-order valence-corrected chi connectivity index (χ2v) is 6.50. The van der Waals surface area contributed by atoms with Crippen LogP contribution in [0.5, 0.6) is 0 Å². The zero-order valence-electron chi connectivity index (χ0n) is 14.6. The first-order valence-corrected chi connectivity index (χ1v) is 8.39. The van der Waals surface area contributed by atoms with Gasteiger partial charge in [0.1, 0.15) is 0 Å². The summed E-state index contributed by atoms with van der Waals surface area (Å²) < 4.78 is 0. The van der Waals surface area contributed by atoms with Crippen molar-refractivity contribution in [2.75, 3.05) is 7.05 Å². The van der Waals surface area contributed by atoms with Gasteiger partial charge in [0.25, 0.3) is 0 Å². The Bertz CT molecular complexity index is 651. The standard InChI is InChI=1S/C18H27N5O/c1-11(2)13-5-4-6-14(20)15-9-12(7-8-22-15)17(21-3)16(10-19)23-18(13)24/h7-11,13-14H,4-6,19-20H2,1-3H3,(H,23,24). The molecule has 1 aromatic heterocycles. The van der Waals surface area contributed by atoms with E-state index in [0.717, 1.165) is 30.5 Å². The molecule has 0 saturated carbocycles. The maximum Gasteiger partial charge on any atom is 0.227 e. The number of hydrogen-bond donors (Lipinski definition) is 3. The molecule has 2 atom stereocenters. The average molecular weight is 329 g/mol. The highest BCUT2D eigenvalue weighted by atomic mass is 16.1. The predicted octanol–water partition coefficient (Wildman–Crippen LogP) is 1.87. The first-order chi connectivity index (χ1) is 11.5. The first-order valence-electron chi connectivity index (χ1n) is 8.39. The zero-order valence-corrected chi connectivity index (χ0v) is 14.6.